The topological polar surface area (TPSA) is 142 Å². The number of carboxylic acid groups (broad SMARTS) is 1. The molecule has 8 heteroatoms. The molecule has 0 spiro atoms. The van der Waals surface area contributed by atoms with Crippen molar-refractivity contribution in [3.8, 4) is 0 Å². The third-order valence-electron chi connectivity index (χ3n) is 4.35. The van der Waals surface area contributed by atoms with Crippen LogP contribution in [0.3, 0.4) is 0 Å². The first-order valence-electron chi connectivity index (χ1n) is 9.18. The Hall–Kier alpha value is -3.23. The van der Waals surface area contributed by atoms with E-state index in [1.54, 1.807) is 24.3 Å². The number of aliphatic hydroxyl groups excluding tert-OH is 1. The monoisotopic (exact) mass is 399 g/mol. The smallest absolute Gasteiger partial charge is 0.328 e. The molecule has 8 nitrogen and oxygen atoms in total. The first kappa shape index (κ1) is 22.1. The van der Waals surface area contributed by atoms with E-state index < -0.39 is 42.5 Å². The summed E-state index contributed by atoms with van der Waals surface area (Å²) in [6.45, 7) is -0.763. The predicted octanol–water partition coefficient (Wildman–Crippen LogP) is -0.154. The van der Waals surface area contributed by atoms with Crippen molar-refractivity contribution in [2.75, 3.05) is 6.61 Å². The molecule has 0 radical (unpaired) electrons. The number of carboxylic acids is 1. The second-order valence-electron chi connectivity index (χ2n) is 6.63. The number of carbonyl (C=O) groups excluding carboxylic acids is 2. The molecule has 2 amide bonds. The third-order valence-corrected chi connectivity index (χ3v) is 4.35. The lowest BCUT2D eigenvalue weighted by Crippen LogP contribution is -2.56. The van der Waals surface area contributed by atoms with Crippen LogP contribution >= 0.6 is 0 Å². The summed E-state index contributed by atoms with van der Waals surface area (Å²) >= 11 is 0. The Kier molecular flexibility index (Phi) is 8.32. The van der Waals surface area contributed by atoms with Crippen molar-refractivity contribution in [1.82, 2.24) is 10.6 Å². The van der Waals surface area contributed by atoms with Gasteiger partial charge in [-0.25, -0.2) is 4.79 Å². The number of hydrogen-bond donors (Lipinski definition) is 5. The number of nitrogens with two attached hydrogens (primary N) is 1. The van der Waals surface area contributed by atoms with Gasteiger partial charge in [-0.2, -0.15) is 0 Å². The summed E-state index contributed by atoms with van der Waals surface area (Å²) in [6, 6.07) is 14.8. The molecule has 0 aliphatic carbocycles. The van der Waals surface area contributed by atoms with Crippen LogP contribution < -0.4 is 16.4 Å². The van der Waals surface area contributed by atoms with Gasteiger partial charge in [0, 0.05) is 6.42 Å². The second kappa shape index (κ2) is 10.9. The number of amides is 2. The fourth-order valence-corrected chi connectivity index (χ4v) is 2.76. The average molecular weight is 399 g/mol. The van der Waals surface area contributed by atoms with Gasteiger partial charge in [0.15, 0.2) is 0 Å². The molecule has 2 aromatic rings. The number of rotatable bonds is 10. The summed E-state index contributed by atoms with van der Waals surface area (Å²) in [6.07, 6.45) is 0.439. The lowest BCUT2D eigenvalue weighted by molar-refractivity contribution is -0.143. The molecule has 0 saturated carbocycles. The highest BCUT2D eigenvalue weighted by Crippen LogP contribution is 2.06. The van der Waals surface area contributed by atoms with Crippen molar-refractivity contribution in [3.05, 3.63) is 71.8 Å². The number of hydrogen-bond acceptors (Lipinski definition) is 5. The van der Waals surface area contributed by atoms with Crippen LogP contribution in [0.2, 0.25) is 0 Å². The van der Waals surface area contributed by atoms with Crippen LogP contribution in [0, 0.1) is 0 Å². The van der Waals surface area contributed by atoms with Crippen molar-refractivity contribution in [1.29, 1.82) is 0 Å². The Balaban J connectivity index is 2.10. The second-order valence-corrected chi connectivity index (χ2v) is 6.63. The van der Waals surface area contributed by atoms with Crippen LogP contribution in [-0.2, 0) is 27.2 Å². The van der Waals surface area contributed by atoms with Crippen molar-refractivity contribution in [2.24, 2.45) is 5.73 Å². The summed E-state index contributed by atoms with van der Waals surface area (Å²) in [5, 5.41) is 23.0. The van der Waals surface area contributed by atoms with Crippen LogP contribution in [0.5, 0.6) is 0 Å². The molecule has 0 aliphatic heterocycles. The zero-order chi connectivity index (χ0) is 21.2. The lowest BCUT2D eigenvalue weighted by atomic mass is 10.0. The van der Waals surface area contributed by atoms with E-state index in [0.29, 0.717) is 6.42 Å². The molecule has 2 rings (SSSR count). The third kappa shape index (κ3) is 7.02. The Morgan fingerprint density at radius 1 is 0.793 bits per heavy atom. The van der Waals surface area contributed by atoms with E-state index in [1.165, 1.54) is 0 Å². The molecule has 0 saturated heterocycles. The number of nitrogens with one attached hydrogen (secondary N) is 2. The Labute approximate surface area is 168 Å². The lowest BCUT2D eigenvalue weighted by Gasteiger charge is -2.22. The molecule has 0 unspecified atom stereocenters. The molecule has 154 valence electrons. The normalized spacial score (nSPS) is 13.7. The maximum atomic E-state index is 12.6. The van der Waals surface area contributed by atoms with Gasteiger partial charge in [0.1, 0.15) is 12.1 Å². The van der Waals surface area contributed by atoms with Crippen LogP contribution in [0.1, 0.15) is 11.1 Å². The molecule has 0 bridgehead atoms. The number of aliphatic carboxylic acids is 1. The Bertz CT molecular complexity index is 814. The SMILES string of the molecule is N[C@@H](Cc1ccccc1)C(=O)N[C@@H](Cc1ccccc1)C(=O)N[C@@H](CO)C(=O)O. The molecule has 3 atom stereocenters. The summed E-state index contributed by atoms with van der Waals surface area (Å²) < 4.78 is 0. The minimum atomic E-state index is -1.46. The van der Waals surface area contributed by atoms with Gasteiger partial charge in [0.2, 0.25) is 11.8 Å². The summed E-state index contributed by atoms with van der Waals surface area (Å²) in [7, 11) is 0. The van der Waals surface area contributed by atoms with Crippen molar-refractivity contribution >= 4 is 17.8 Å². The predicted molar refractivity (Wildman–Crippen MR) is 107 cm³/mol. The average Bonchev–Trinajstić information content (AvgIpc) is 2.72. The quantitative estimate of drug-likeness (QED) is 0.376. The van der Waals surface area contributed by atoms with Gasteiger partial charge in [-0.1, -0.05) is 60.7 Å². The van der Waals surface area contributed by atoms with E-state index in [1.807, 2.05) is 36.4 Å². The summed E-state index contributed by atoms with van der Waals surface area (Å²) in [5.41, 5.74) is 7.65. The number of carbonyl (C=O) groups is 3. The molecule has 0 heterocycles. The van der Waals surface area contributed by atoms with E-state index in [2.05, 4.69) is 10.6 Å². The van der Waals surface area contributed by atoms with E-state index in [4.69, 9.17) is 15.9 Å². The Morgan fingerprint density at radius 2 is 1.28 bits per heavy atom. The first-order valence-corrected chi connectivity index (χ1v) is 9.18. The number of aliphatic hydroxyl groups is 1. The minimum absolute atomic E-state index is 0.147. The fourth-order valence-electron chi connectivity index (χ4n) is 2.76. The van der Waals surface area contributed by atoms with Crippen molar-refractivity contribution in [3.63, 3.8) is 0 Å². The molecule has 6 N–H and O–H groups in total. The van der Waals surface area contributed by atoms with Crippen molar-refractivity contribution < 1.29 is 24.6 Å². The largest absolute Gasteiger partial charge is 0.480 e. The highest BCUT2D eigenvalue weighted by atomic mass is 16.4. The summed E-state index contributed by atoms with van der Waals surface area (Å²) in [4.78, 5) is 36.3. The summed E-state index contributed by atoms with van der Waals surface area (Å²) in [5.74, 6) is -2.61. The molecule has 0 aliphatic rings. The molecular formula is C21H25N3O5. The van der Waals surface area contributed by atoms with Gasteiger partial charge in [0.05, 0.1) is 12.6 Å². The van der Waals surface area contributed by atoms with E-state index in [9.17, 15) is 14.4 Å². The molecule has 0 aromatic heterocycles. The Morgan fingerprint density at radius 3 is 1.76 bits per heavy atom. The molecular weight excluding hydrogens is 374 g/mol. The van der Waals surface area contributed by atoms with Gasteiger partial charge in [-0.3, -0.25) is 9.59 Å². The van der Waals surface area contributed by atoms with Gasteiger partial charge < -0.3 is 26.6 Å². The van der Waals surface area contributed by atoms with Gasteiger partial charge in [-0.15, -0.1) is 0 Å². The standard InChI is InChI=1S/C21H25N3O5/c22-16(11-14-7-3-1-4-8-14)19(26)23-17(12-15-9-5-2-6-10-15)20(27)24-18(13-25)21(28)29/h1-10,16-18,25H,11-13,22H2,(H,23,26)(H,24,27)(H,28,29)/t16-,17-,18-/m0/s1. The zero-order valence-corrected chi connectivity index (χ0v) is 15.8. The van der Waals surface area contributed by atoms with Crippen LogP contribution in [0.25, 0.3) is 0 Å². The van der Waals surface area contributed by atoms with Gasteiger partial charge in [-0.05, 0) is 17.5 Å². The van der Waals surface area contributed by atoms with Gasteiger partial charge >= 0.3 is 5.97 Å². The van der Waals surface area contributed by atoms with E-state index in [-0.39, 0.29) is 6.42 Å². The van der Waals surface area contributed by atoms with E-state index >= 15 is 0 Å². The minimum Gasteiger partial charge on any atom is -0.480 e. The van der Waals surface area contributed by atoms with Crippen LogP contribution in [-0.4, -0.2) is 52.7 Å². The highest BCUT2D eigenvalue weighted by Gasteiger charge is 2.28. The molecule has 29 heavy (non-hydrogen) atoms. The van der Waals surface area contributed by atoms with Crippen LogP contribution in [0.4, 0.5) is 0 Å². The fraction of sp³-hybridized carbons (Fsp3) is 0.286. The first-order chi connectivity index (χ1) is 13.9. The van der Waals surface area contributed by atoms with E-state index in [0.717, 1.165) is 11.1 Å². The van der Waals surface area contributed by atoms with Gasteiger partial charge in [0.25, 0.3) is 0 Å². The highest BCUT2D eigenvalue weighted by molar-refractivity contribution is 5.92. The maximum Gasteiger partial charge on any atom is 0.328 e. The zero-order valence-electron chi connectivity index (χ0n) is 15.8. The molecule has 0 fully saturated rings. The van der Waals surface area contributed by atoms with Crippen molar-refractivity contribution in [2.45, 2.75) is 31.0 Å². The number of benzene rings is 2. The maximum absolute atomic E-state index is 12.6. The molecule has 2 aromatic carbocycles. The van der Waals surface area contributed by atoms with Crippen LogP contribution in [0.15, 0.2) is 60.7 Å².